The van der Waals surface area contributed by atoms with Crippen LogP contribution in [0.3, 0.4) is 0 Å². The third-order valence-electron chi connectivity index (χ3n) is 9.72. The Hall–Kier alpha value is -7.37. The second-order valence-corrected chi connectivity index (χ2v) is 13.1. The highest BCUT2D eigenvalue weighted by atomic mass is 19.4. The van der Waals surface area contributed by atoms with Crippen LogP contribution >= 0.6 is 0 Å². The highest BCUT2D eigenvalue weighted by molar-refractivity contribution is 6.10. The summed E-state index contributed by atoms with van der Waals surface area (Å²) in [7, 11) is 0. The smallest absolute Gasteiger partial charge is 0.309 e. The Balaban J connectivity index is 1.32. The SMILES string of the molecule is N#Cc1ccc(-c2ccc3c4ccccc4n(-c4ccc(-c5cccc(C(F)(F)F)c5)c(-c5nc(-c6ccccc6)nc(-c6ccccc6)n5)c4)c3c2)cc1. The van der Waals surface area contributed by atoms with Gasteiger partial charge in [0.2, 0.25) is 0 Å². The predicted octanol–water partition coefficient (Wildman–Crippen LogP) is 12.2. The summed E-state index contributed by atoms with van der Waals surface area (Å²) in [5, 5.41) is 11.4. The molecule has 5 nitrogen and oxygen atoms in total. The van der Waals surface area contributed by atoms with Gasteiger partial charge < -0.3 is 4.57 Å². The number of nitriles is 1. The normalized spacial score (nSPS) is 11.5. The van der Waals surface area contributed by atoms with Crippen LogP contribution in [0.5, 0.6) is 0 Å². The van der Waals surface area contributed by atoms with Crippen LogP contribution in [0.15, 0.2) is 170 Å². The fourth-order valence-corrected chi connectivity index (χ4v) is 7.07. The largest absolute Gasteiger partial charge is 0.416 e. The van der Waals surface area contributed by atoms with E-state index in [9.17, 15) is 18.4 Å². The summed E-state index contributed by atoms with van der Waals surface area (Å²) in [6.45, 7) is 0. The average Bonchev–Trinajstić information content (AvgIpc) is 3.57. The molecule has 0 aliphatic carbocycles. The predicted molar refractivity (Wildman–Crippen MR) is 211 cm³/mol. The maximum absolute atomic E-state index is 14.1. The van der Waals surface area contributed by atoms with Crippen LogP contribution in [0, 0.1) is 11.3 Å². The molecular formula is C47H28F3N5. The van der Waals surface area contributed by atoms with Gasteiger partial charge in [0.25, 0.3) is 0 Å². The van der Waals surface area contributed by atoms with Crippen molar-refractivity contribution >= 4 is 21.8 Å². The first-order valence-electron chi connectivity index (χ1n) is 17.6. The Morgan fingerprint density at radius 1 is 0.455 bits per heavy atom. The first-order chi connectivity index (χ1) is 26.8. The molecule has 0 amide bonds. The van der Waals surface area contributed by atoms with Crippen LogP contribution < -0.4 is 0 Å². The third kappa shape index (κ3) is 6.28. The third-order valence-corrected chi connectivity index (χ3v) is 9.72. The van der Waals surface area contributed by atoms with Gasteiger partial charge in [0, 0.05) is 33.2 Å². The molecule has 8 heteroatoms. The highest BCUT2D eigenvalue weighted by Gasteiger charge is 2.31. The summed E-state index contributed by atoms with van der Waals surface area (Å²) in [4.78, 5) is 14.8. The van der Waals surface area contributed by atoms with Crippen molar-refractivity contribution in [2.45, 2.75) is 6.18 Å². The Labute approximate surface area is 314 Å². The number of benzene rings is 7. The lowest BCUT2D eigenvalue weighted by Crippen LogP contribution is -2.05. The molecule has 0 N–H and O–H groups in total. The lowest BCUT2D eigenvalue weighted by atomic mass is 9.96. The van der Waals surface area contributed by atoms with E-state index in [1.165, 1.54) is 12.1 Å². The van der Waals surface area contributed by atoms with E-state index in [1.807, 2.05) is 103 Å². The van der Waals surface area contributed by atoms with Crippen molar-refractivity contribution in [3.8, 4) is 68.2 Å². The van der Waals surface area contributed by atoms with Crippen molar-refractivity contribution in [2.24, 2.45) is 0 Å². The van der Waals surface area contributed by atoms with Gasteiger partial charge in [-0.25, -0.2) is 15.0 Å². The number of aromatic nitrogens is 4. The highest BCUT2D eigenvalue weighted by Crippen LogP contribution is 2.40. The van der Waals surface area contributed by atoms with Gasteiger partial charge in [-0.3, -0.25) is 0 Å². The summed E-state index contributed by atoms with van der Waals surface area (Å²) in [5.41, 5.74) is 7.45. The van der Waals surface area contributed by atoms with Gasteiger partial charge in [-0.2, -0.15) is 18.4 Å². The van der Waals surface area contributed by atoms with Crippen LogP contribution in [0.2, 0.25) is 0 Å². The van der Waals surface area contributed by atoms with E-state index in [4.69, 9.17) is 15.0 Å². The number of hydrogen-bond donors (Lipinski definition) is 0. The van der Waals surface area contributed by atoms with E-state index in [2.05, 4.69) is 41.0 Å². The van der Waals surface area contributed by atoms with Crippen molar-refractivity contribution in [2.75, 3.05) is 0 Å². The fourth-order valence-electron chi connectivity index (χ4n) is 7.07. The van der Waals surface area contributed by atoms with Crippen molar-refractivity contribution < 1.29 is 13.2 Å². The van der Waals surface area contributed by atoms with Crippen LogP contribution in [-0.2, 0) is 6.18 Å². The first kappa shape index (κ1) is 33.5. The summed E-state index contributed by atoms with van der Waals surface area (Å²) >= 11 is 0. The Morgan fingerprint density at radius 3 is 1.73 bits per heavy atom. The van der Waals surface area contributed by atoms with Gasteiger partial charge in [-0.05, 0) is 70.8 Å². The van der Waals surface area contributed by atoms with E-state index >= 15 is 0 Å². The molecule has 0 saturated carbocycles. The monoisotopic (exact) mass is 719 g/mol. The van der Waals surface area contributed by atoms with E-state index in [0.29, 0.717) is 39.7 Å². The van der Waals surface area contributed by atoms with Crippen molar-refractivity contribution in [3.63, 3.8) is 0 Å². The number of nitrogens with zero attached hydrogens (tertiary/aromatic N) is 5. The molecule has 0 fully saturated rings. The Bertz CT molecular complexity index is 2850. The van der Waals surface area contributed by atoms with Crippen molar-refractivity contribution in [1.29, 1.82) is 5.26 Å². The molecule has 55 heavy (non-hydrogen) atoms. The van der Waals surface area contributed by atoms with E-state index < -0.39 is 11.7 Å². The van der Waals surface area contributed by atoms with Crippen molar-refractivity contribution in [1.82, 2.24) is 19.5 Å². The minimum atomic E-state index is -4.53. The topological polar surface area (TPSA) is 67.4 Å². The Morgan fingerprint density at radius 2 is 1.05 bits per heavy atom. The maximum atomic E-state index is 14.1. The van der Waals surface area contributed by atoms with E-state index in [-0.39, 0.29) is 0 Å². The van der Waals surface area contributed by atoms with Crippen molar-refractivity contribution in [3.05, 3.63) is 181 Å². The van der Waals surface area contributed by atoms with E-state index in [1.54, 1.807) is 18.2 Å². The van der Waals surface area contributed by atoms with Crippen LogP contribution in [-0.4, -0.2) is 19.5 Å². The van der Waals surface area contributed by atoms with Gasteiger partial charge in [0.15, 0.2) is 17.5 Å². The molecule has 2 heterocycles. The molecule has 0 spiro atoms. The van der Waals surface area contributed by atoms with Gasteiger partial charge in [-0.15, -0.1) is 0 Å². The van der Waals surface area contributed by atoms with Crippen LogP contribution in [0.25, 0.3) is 83.9 Å². The molecule has 2 aromatic heterocycles. The zero-order valence-electron chi connectivity index (χ0n) is 29.0. The second-order valence-electron chi connectivity index (χ2n) is 13.1. The summed E-state index contributed by atoms with van der Waals surface area (Å²) < 4.78 is 44.4. The maximum Gasteiger partial charge on any atom is 0.416 e. The molecule has 0 radical (unpaired) electrons. The number of fused-ring (bicyclic) bond motifs is 3. The molecule has 7 aromatic carbocycles. The molecule has 0 saturated heterocycles. The molecule has 9 rings (SSSR count). The fraction of sp³-hybridized carbons (Fsp3) is 0.0213. The molecule has 262 valence electrons. The molecule has 0 unspecified atom stereocenters. The average molecular weight is 720 g/mol. The minimum Gasteiger partial charge on any atom is -0.309 e. The summed E-state index contributed by atoms with van der Waals surface area (Å²) in [5.74, 6) is 1.20. The minimum absolute atomic E-state index is 0.320. The zero-order valence-corrected chi connectivity index (χ0v) is 29.0. The Kier molecular flexibility index (Phi) is 8.25. The number of para-hydroxylation sites is 1. The number of rotatable bonds is 6. The molecule has 0 aliphatic rings. The second kappa shape index (κ2) is 13.6. The number of hydrogen-bond acceptors (Lipinski definition) is 4. The molecule has 0 bridgehead atoms. The number of alkyl halides is 3. The van der Waals surface area contributed by atoms with Gasteiger partial charge in [0.05, 0.1) is 28.2 Å². The molecule has 9 aromatic rings. The first-order valence-corrected chi connectivity index (χ1v) is 17.6. The van der Waals surface area contributed by atoms with Gasteiger partial charge in [-0.1, -0.05) is 121 Å². The zero-order chi connectivity index (χ0) is 37.5. The molecule has 0 aliphatic heterocycles. The van der Waals surface area contributed by atoms with Crippen LogP contribution in [0.4, 0.5) is 13.2 Å². The summed E-state index contributed by atoms with van der Waals surface area (Å²) in [6, 6.07) is 54.3. The van der Waals surface area contributed by atoms with E-state index in [0.717, 1.165) is 55.8 Å². The number of halogens is 3. The lowest BCUT2D eigenvalue weighted by Gasteiger charge is -2.16. The van der Waals surface area contributed by atoms with Crippen LogP contribution in [0.1, 0.15) is 11.1 Å². The summed E-state index contributed by atoms with van der Waals surface area (Å²) in [6.07, 6.45) is -4.53. The lowest BCUT2D eigenvalue weighted by molar-refractivity contribution is -0.137. The molecular weight excluding hydrogens is 692 g/mol. The molecule has 0 atom stereocenters. The standard InChI is InChI=1S/C47H28F3N5/c48-47(49,50)36-15-9-14-35(26-36)38-25-23-37(28-41(38)46-53-44(32-10-3-1-4-11-32)52-45(54-46)33-12-5-2-6-13-33)55-42-17-8-7-16-39(42)40-24-22-34(27-43(40)55)31-20-18-30(29-51)19-21-31/h1-28H. The quantitative estimate of drug-likeness (QED) is 0.172. The van der Waals surface area contributed by atoms with Gasteiger partial charge >= 0.3 is 6.18 Å². The van der Waals surface area contributed by atoms with Gasteiger partial charge in [0.1, 0.15) is 0 Å².